The van der Waals surface area contributed by atoms with E-state index in [1.54, 1.807) is 0 Å². The zero-order chi connectivity index (χ0) is 10.1. The van der Waals surface area contributed by atoms with Crippen molar-refractivity contribution in [2.75, 3.05) is 13.2 Å². The summed E-state index contributed by atoms with van der Waals surface area (Å²) in [7, 11) is 0. The predicted octanol–water partition coefficient (Wildman–Crippen LogP) is -1.14. The molecule has 0 aromatic heterocycles. The summed E-state index contributed by atoms with van der Waals surface area (Å²) in [4.78, 5) is 39.9. The molecule has 0 radical (unpaired) electrons. The smallest absolute Gasteiger partial charge is 0.371 e. The fraction of sp³-hybridized carbons (Fsp3) is 0.429. The van der Waals surface area contributed by atoms with Gasteiger partial charge in [0.1, 0.15) is 0 Å². The summed E-state index contributed by atoms with van der Waals surface area (Å²) < 4.78 is 8.64. The van der Waals surface area contributed by atoms with Gasteiger partial charge in [0.25, 0.3) is 0 Å². The van der Waals surface area contributed by atoms with Gasteiger partial charge < -0.3 is 9.47 Å². The highest BCUT2D eigenvalue weighted by Crippen LogP contribution is 1.85. The van der Waals surface area contributed by atoms with Crippen LogP contribution in [0.4, 0.5) is 0 Å². The molecule has 0 saturated heterocycles. The van der Waals surface area contributed by atoms with Crippen LogP contribution in [0.2, 0.25) is 0 Å². The maximum absolute atomic E-state index is 10.2. The lowest BCUT2D eigenvalue weighted by Gasteiger charge is -2.00. The van der Waals surface area contributed by atoms with Crippen molar-refractivity contribution >= 4 is 24.5 Å². The molecule has 0 aliphatic heterocycles. The van der Waals surface area contributed by atoms with Crippen LogP contribution in [0.15, 0.2) is 0 Å². The Morgan fingerprint density at radius 2 is 1.31 bits per heavy atom. The van der Waals surface area contributed by atoms with E-state index in [4.69, 9.17) is 0 Å². The van der Waals surface area contributed by atoms with Gasteiger partial charge in [0.05, 0.1) is 13.2 Å². The Hall–Kier alpha value is -1.72. The molecule has 0 heterocycles. The summed E-state index contributed by atoms with van der Waals surface area (Å²) in [5, 5.41) is 0. The van der Waals surface area contributed by atoms with Gasteiger partial charge in [-0.2, -0.15) is 0 Å². The Balaban J connectivity index is 3.26. The number of esters is 2. The van der Waals surface area contributed by atoms with E-state index in [9.17, 15) is 19.2 Å². The maximum Gasteiger partial charge on any atom is 0.371 e. The normalized spacial score (nSPS) is 8.62. The minimum atomic E-state index is -0.971. The van der Waals surface area contributed by atoms with Crippen LogP contribution in [-0.4, -0.2) is 37.7 Å². The van der Waals surface area contributed by atoms with Gasteiger partial charge >= 0.3 is 11.9 Å². The molecule has 0 N–H and O–H groups in total. The zero-order valence-electron chi connectivity index (χ0n) is 6.73. The topological polar surface area (TPSA) is 86.7 Å². The van der Waals surface area contributed by atoms with E-state index >= 15 is 0 Å². The van der Waals surface area contributed by atoms with Gasteiger partial charge in [0, 0.05) is 6.42 Å². The third-order valence-corrected chi connectivity index (χ3v) is 0.970. The van der Waals surface area contributed by atoms with Crippen molar-refractivity contribution in [2.24, 2.45) is 0 Å². The predicted molar refractivity (Wildman–Crippen MR) is 38.7 cm³/mol. The number of carbonyl (C=O) groups is 4. The largest absolute Gasteiger partial charge is 0.460 e. The zero-order valence-corrected chi connectivity index (χ0v) is 6.73. The first-order chi connectivity index (χ1) is 6.20. The van der Waals surface area contributed by atoms with Gasteiger partial charge in [0.15, 0.2) is 0 Å². The van der Waals surface area contributed by atoms with Gasteiger partial charge in [-0.15, -0.1) is 0 Å². The highest BCUT2D eigenvalue weighted by Gasteiger charge is 2.00. The Morgan fingerprint density at radius 1 is 0.923 bits per heavy atom. The second-order valence-corrected chi connectivity index (χ2v) is 1.92. The van der Waals surface area contributed by atoms with E-state index in [0.717, 1.165) is 0 Å². The monoisotopic (exact) mass is 188 g/mol. The molecule has 13 heavy (non-hydrogen) atoms. The molecule has 0 rings (SSSR count). The van der Waals surface area contributed by atoms with Crippen molar-refractivity contribution in [1.29, 1.82) is 0 Å². The van der Waals surface area contributed by atoms with Crippen LogP contribution in [0.3, 0.4) is 0 Å². The van der Waals surface area contributed by atoms with Crippen LogP contribution >= 0.6 is 0 Å². The average Bonchev–Trinajstić information content (AvgIpc) is 2.16. The van der Waals surface area contributed by atoms with E-state index in [2.05, 4.69) is 9.47 Å². The Morgan fingerprint density at radius 3 is 1.62 bits per heavy atom. The molecule has 0 bridgehead atoms. The highest BCUT2D eigenvalue weighted by atomic mass is 16.5. The van der Waals surface area contributed by atoms with Crippen molar-refractivity contribution in [3.63, 3.8) is 0 Å². The molecule has 0 unspecified atom stereocenters. The van der Waals surface area contributed by atoms with E-state index in [0.29, 0.717) is 0 Å². The molecule has 0 aliphatic carbocycles. The summed E-state index contributed by atoms with van der Waals surface area (Å²) in [6.07, 6.45) is 0.327. The first-order valence-electron chi connectivity index (χ1n) is 3.44. The number of rotatable bonds is 6. The van der Waals surface area contributed by atoms with Gasteiger partial charge in [-0.05, 0) is 0 Å². The van der Waals surface area contributed by atoms with Crippen LogP contribution in [0, 0.1) is 0 Å². The van der Waals surface area contributed by atoms with E-state index in [-0.39, 0.29) is 32.2 Å². The molecular weight excluding hydrogens is 180 g/mol. The van der Waals surface area contributed by atoms with E-state index in [1.165, 1.54) is 0 Å². The minimum absolute atomic E-state index is 0.0241. The SMILES string of the molecule is O=CC(=O)OCCCOC(=O)C=O. The van der Waals surface area contributed by atoms with Gasteiger partial charge in [-0.1, -0.05) is 0 Å². The maximum atomic E-state index is 10.2. The third kappa shape index (κ3) is 6.67. The molecule has 0 aromatic carbocycles. The quantitative estimate of drug-likeness (QED) is 0.226. The molecule has 0 fully saturated rings. The first-order valence-corrected chi connectivity index (χ1v) is 3.44. The van der Waals surface area contributed by atoms with Crippen LogP contribution in [0.5, 0.6) is 0 Å². The average molecular weight is 188 g/mol. The molecule has 0 aliphatic rings. The highest BCUT2D eigenvalue weighted by molar-refractivity contribution is 6.20. The van der Waals surface area contributed by atoms with Crippen LogP contribution in [0.1, 0.15) is 6.42 Å². The lowest BCUT2D eigenvalue weighted by atomic mass is 10.5. The van der Waals surface area contributed by atoms with Crippen molar-refractivity contribution in [3.8, 4) is 0 Å². The summed E-state index contributed by atoms with van der Waals surface area (Å²) in [6, 6.07) is 0. The number of carbonyl (C=O) groups excluding carboxylic acids is 4. The Bertz CT molecular complexity index is 187. The number of aldehydes is 2. The molecule has 0 spiro atoms. The fourth-order valence-corrected chi connectivity index (χ4v) is 0.472. The summed E-state index contributed by atoms with van der Waals surface area (Å²) >= 11 is 0. The summed E-state index contributed by atoms with van der Waals surface area (Å²) in [5.74, 6) is -1.94. The molecule has 6 nitrogen and oxygen atoms in total. The Kier molecular flexibility index (Phi) is 6.04. The molecule has 0 saturated carbocycles. The second-order valence-electron chi connectivity index (χ2n) is 1.92. The molecule has 0 amide bonds. The lowest BCUT2D eigenvalue weighted by Crippen LogP contribution is -2.11. The molecular formula is C7H8O6. The van der Waals surface area contributed by atoms with Gasteiger partial charge in [0.2, 0.25) is 12.6 Å². The van der Waals surface area contributed by atoms with Crippen LogP contribution in [-0.2, 0) is 28.7 Å². The van der Waals surface area contributed by atoms with Crippen LogP contribution < -0.4 is 0 Å². The van der Waals surface area contributed by atoms with Crippen molar-refractivity contribution < 1.29 is 28.7 Å². The lowest BCUT2D eigenvalue weighted by molar-refractivity contribution is -0.151. The summed E-state index contributed by atoms with van der Waals surface area (Å²) in [6.45, 7) is -0.0482. The van der Waals surface area contributed by atoms with Gasteiger partial charge in [-0.25, -0.2) is 9.59 Å². The number of hydrogen-bond donors (Lipinski definition) is 0. The molecule has 0 atom stereocenters. The molecule has 6 heteroatoms. The summed E-state index contributed by atoms with van der Waals surface area (Å²) in [5.41, 5.74) is 0. The van der Waals surface area contributed by atoms with Crippen molar-refractivity contribution in [1.82, 2.24) is 0 Å². The first kappa shape index (κ1) is 11.3. The Labute approximate surface area is 73.8 Å². The molecule has 0 aromatic rings. The number of ether oxygens (including phenoxy) is 2. The van der Waals surface area contributed by atoms with Crippen molar-refractivity contribution in [2.45, 2.75) is 6.42 Å². The standard InChI is InChI=1S/C7H8O6/c8-4-6(10)12-2-1-3-13-7(11)5-9/h4-5H,1-3H2. The minimum Gasteiger partial charge on any atom is -0.460 e. The fourth-order valence-electron chi connectivity index (χ4n) is 0.472. The van der Waals surface area contributed by atoms with E-state index < -0.39 is 11.9 Å². The molecule has 72 valence electrons. The van der Waals surface area contributed by atoms with Gasteiger partial charge in [-0.3, -0.25) is 9.59 Å². The number of hydrogen-bond acceptors (Lipinski definition) is 6. The van der Waals surface area contributed by atoms with Crippen molar-refractivity contribution in [3.05, 3.63) is 0 Å². The van der Waals surface area contributed by atoms with E-state index in [1.807, 2.05) is 0 Å². The van der Waals surface area contributed by atoms with Crippen LogP contribution in [0.25, 0.3) is 0 Å². The second kappa shape index (κ2) is 6.96. The third-order valence-electron chi connectivity index (χ3n) is 0.970.